The topological polar surface area (TPSA) is 46.5 Å². The van der Waals surface area contributed by atoms with Crippen molar-refractivity contribution in [3.63, 3.8) is 0 Å². The van der Waals surface area contributed by atoms with Gasteiger partial charge in [0.05, 0.1) is 0 Å². The van der Waals surface area contributed by atoms with E-state index in [1.807, 2.05) is 6.08 Å². The van der Waals surface area contributed by atoms with Crippen LogP contribution in [0.1, 0.15) is 123 Å². The van der Waals surface area contributed by atoms with Crippen molar-refractivity contribution in [2.24, 2.45) is 0 Å². The van der Waals surface area contributed by atoms with E-state index >= 15 is 0 Å². The Bertz CT molecular complexity index is 323. The number of allylic oxidation sites excluding steroid dienone is 1. The summed E-state index contributed by atoms with van der Waals surface area (Å²) in [5.74, 6) is -0.642. The average Bonchev–Trinajstić information content (AvgIpc) is 2.63. The maximum Gasteiger partial charge on any atom is 0.368 e. The lowest BCUT2D eigenvalue weighted by Crippen LogP contribution is -2.01. The van der Waals surface area contributed by atoms with Crippen molar-refractivity contribution >= 4 is 5.97 Å². The smallest absolute Gasteiger partial charge is 0.296 e. The van der Waals surface area contributed by atoms with Crippen LogP contribution in [0.5, 0.6) is 0 Å². The molecule has 0 unspecified atom stereocenters. The van der Waals surface area contributed by atoms with E-state index in [9.17, 15) is 4.79 Å². The van der Waals surface area contributed by atoms with Crippen molar-refractivity contribution < 1.29 is 14.9 Å². The summed E-state index contributed by atoms with van der Waals surface area (Å²) < 4.78 is 0. The van der Waals surface area contributed by atoms with E-state index in [1.165, 1.54) is 96.3 Å². The Morgan fingerprint density at radius 1 is 0.720 bits per heavy atom. The van der Waals surface area contributed by atoms with Crippen LogP contribution in [0.15, 0.2) is 11.6 Å². The lowest BCUT2D eigenvalue weighted by atomic mass is 10.0. The van der Waals surface area contributed by atoms with Gasteiger partial charge in [-0.05, 0) is 19.8 Å². The summed E-state index contributed by atoms with van der Waals surface area (Å²) in [6, 6.07) is 0. The summed E-state index contributed by atoms with van der Waals surface area (Å²) in [5, 5.41) is 8.26. The third-order valence-electron chi connectivity index (χ3n) is 4.91. The van der Waals surface area contributed by atoms with Gasteiger partial charge in [-0.25, -0.2) is 4.79 Å². The molecular formula is C22H42O3. The molecular weight excluding hydrogens is 312 g/mol. The van der Waals surface area contributed by atoms with Gasteiger partial charge in [0.2, 0.25) is 0 Å². The minimum absolute atomic E-state index is 0.489. The van der Waals surface area contributed by atoms with Crippen LogP contribution < -0.4 is 0 Å². The van der Waals surface area contributed by atoms with Crippen molar-refractivity contribution in [3.8, 4) is 0 Å². The van der Waals surface area contributed by atoms with Gasteiger partial charge >= 0.3 is 5.97 Å². The Kier molecular flexibility index (Phi) is 18.8. The number of unbranched alkanes of at least 4 members (excludes halogenated alkanes) is 16. The molecule has 0 aliphatic heterocycles. The summed E-state index contributed by atoms with van der Waals surface area (Å²) in [7, 11) is 0. The Labute approximate surface area is 156 Å². The molecule has 0 heterocycles. The quantitative estimate of drug-likeness (QED) is 0.119. The highest BCUT2D eigenvalue weighted by atomic mass is 17.1. The number of rotatable bonds is 18. The van der Waals surface area contributed by atoms with E-state index in [0.717, 1.165) is 12.8 Å². The number of hydrogen-bond acceptors (Lipinski definition) is 3. The van der Waals surface area contributed by atoms with Gasteiger partial charge in [0.1, 0.15) is 0 Å². The van der Waals surface area contributed by atoms with E-state index in [-0.39, 0.29) is 0 Å². The van der Waals surface area contributed by atoms with Crippen LogP contribution in [-0.4, -0.2) is 11.2 Å². The monoisotopic (exact) mass is 354 g/mol. The molecule has 0 fully saturated rings. The second-order valence-corrected chi connectivity index (χ2v) is 7.36. The second kappa shape index (κ2) is 19.5. The van der Waals surface area contributed by atoms with Gasteiger partial charge in [-0.2, -0.15) is 5.26 Å². The molecule has 148 valence electrons. The molecule has 0 amide bonds. The van der Waals surface area contributed by atoms with E-state index in [2.05, 4.69) is 11.8 Å². The van der Waals surface area contributed by atoms with Gasteiger partial charge in [-0.15, -0.1) is 0 Å². The van der Waals surface area contributed by atoms with Crippen molar-refractivity contribution in [2.45, 2.75) is 123 Å². The van der Waals surface area contributed by atoms with Gasteiger partial charge < -0.3 is 0 Å². The number of carbonyl (C=O) groups excluding carboxylic acids is 1. The molecule has 0 saturated heterocycles. The van der Waals surface area contributed by atoms with E-state index < -0.39 is 5.97 Å². The molecule has 0 aromatic rings. The molecule has 0 radical (unpaired) electrons. The summed E-state index contributed by atoms with van der Waals surface area (Å²) in [6.07, 6.45) is 24.6. The zero-order valence-electron chi connectivity index (χ0n) is 16.9. The van der Waals surface area contributed by atoms with Crippen LogP contribution in [0.4, 0.5) is 0 Å². The minimum atomic E-state index is -0.642. The Balaban J connectivity index is 3.16. The summed E-state index contributed by atoms with van der Waals surface area (Å²) in [6.45, 7) is 3.95. The Morgan fingerprint density at radius 2 is 1.08 bits per heavy atom. The minimum Gasteiger partial charge on any atom is -0.296 e. The van der Waals surface area contributed by atoms with Crippen molar-refractivity contribution in [1.82, 2.24) is 0 Å². The zero-order chi connectivity index (χ0) is 18.6. The molecule has 0 atom stereocenters. The second-order valence-electron chi connectivity index (χ2n) is 7.36. The first-order chi connectivity index (χ1) is 12.2. The summed E-state index contributed by atoms with van der Waals surface area (Å²) >= 11 is 0. The van der Waals surface area contributed by atoms with Gasteiger partial charge in [0.15, 0.2) is 0 Å². The van der Waals surface area contributed by atoms with Crippen LogP contribution in [0.2, 0.25) is 0 Å². The summed E-state index contributed by atoms with van der Waals surface area (Å²) in [4.78, 5) is 14.7. The molecule has 3 nitrogen and oxygen atoms in total. The highest BCUT2D eigenvalue weighted by Gasteiger charge is 2.03. The standard InChI is InChI=1S/C22H42O3/c1-3-4-5-6-7-8-9-10-11-12-13-14-15-16-17-18-19-20-21(2)22(23)25-24/h20,24H,3-19H2,1-2H3. The molecule has 0 spiro atoms. The Morgan fingerprint density at radius 3 is 1.44 bits per heavy atom. The van der Waals surface area contributed by atoms with Crippen LogP contribution in [0, 0.1) is 0 Å². The lowest BCUT2D eigenvalue weighted by molar-refractivity contribution is -0.229. The van der Waals surface area contributed by atoms with Crippen LogP contribution in [0.25, 0.3) is 0 Å². The number of hydrogen-bond donors (Lipinski definition) is 1. The molecule has 0 rings (SSSR count). The average molecular weight is 355 g/mol. The lowest BCUT2D eigenvalue weighted by Gasteiger charge is -2.03. The van der Waals surface area contributed by atoms with E-state index in [1.54, 1.807) is 6.92 Å². The van der Waals surface area contributed by atoms with Crippen molar-refractivity contribution in [2.75, 3.05) is 0 Å². The highest BCUT2D eigenvalue weighted by Crippen LogP contribution is 2.14. The first-order valence-electron chi connectivity index (χ1n) is 10.7. The molecule has 0 saturated carbocycles. The van der Waals surface area contributed by atoms with Crippen molar-refractivity contribution in [1.29, 1.82) is 0 Å². The number of carbonyl (C=O) groups is 1. The van der Waals surface area contributed by atoms with Crippen LogP contribution >= 0.6 is 0 Å². The maximum atomic E-state index is 11.0. The Hall–Kier alpha value is -0.830. The molecule has 0 aromatic heterocycles. The first-order valence-corrected chi connectivity index (χ1v) is 10.7. The highest BCUT2D eigenvalue weighted by molar-refractivity contribution is 5.87. The van der Waals surface area contributed by atoms with Gasteiger partial charge in [0, 0.05) is 5.57 Å². The van der Waals surface area contributed by atoms with E-state index in [4.69, 9.17) is 5.26 Å². The van der Waals surface area contributed by atoms with Gasteiger partial charge in [-0.3, -0.25) is 4.89 Å². The predicted octanol–water partition coefficient (Wildman–Crippen LogP) is 7.60. The third kappa shape index (κ3) is 17.8. The maximum absolute atomic E-state index is 11.0. The zero-order valence-corrected chi connectivity index (χ0v) is 16.9. The third-order valence-corrected chi connectivity index (χ3v) is 4.91. The van der Waals surface area contributed by atoms with Crippen LogP contribution in [-0.2, 0) is 9.68 Å². The van der Waals surface area contributed by atoms with Gasteiger partial charge in [0.25, 0.3) is 0 Å². The molecule has 0 aliphatic carbocycles. The molecule has 0 aromatic carbocycles. The van der Waals surface area contributed by atoms with Crippen LogP contribution in [0.3, 0.4) is 0 Å². The molecule has 3 heteroatoms. The largest absolute Gasteiger partial charge is 0.368 e. The first kappa shape index (κ1) is 24.2. The van der Waals surface area contributed by atoms with Crippen molar-refractivity contribution in [3.05, 3.63) is 11.6 Å². The fourth-order valence-electron chi connectivity index (χ4n) is 3.17. The molecule has 1 N–H and O–H groups in total. The normalized spacial score (nSPS) is 11.7. The molecule has 0 bridgehead atoms. The SMILES string of the molecule is CCCCCCCCCCCCCCCCCCC=C(C)C(=O)OO. The fourth-order valence-corrected chi connectivity index (χ4v) is 3.17. The van der Waals surface area contributed by atoms with Gasteiger partial charge in [-0.1, -0.05) is 109 Å². The van der Waals surface area contributed by atoms with E-state index in [0.29, 0.717) is 5.57 Å². The summed E-state index contributed by atoms with van der Waals surface area (Å²) in [5.41, 5.74) is 0.489. The molecule has 0 aliphatic rings. The molecule has 25 heavy (non-hydrogen) atoms. The predicted molar refractivity (Wildman–Crippen MR) is 107 cm³/mol. The fraction of sp³-hybridized carbons (Fsp3) is 0.864.